The summed E-state index contributed by atoms with van der Waals surface area (Å²) in [5.41, 5.74) is 2.85. The van der Waals surface area contributed by atoms with Gasteiger partial charge in [0.25, 0.3) is 0 Å². The van der Waals surface area contributed by atoms with Gasteiger partial charge < -0.3 is 14.9 Å². The molecule has 0 unspecified atom stereocenters. The van der Waals surface area contributed by atoms with Gasteiger partial charge in [0, 0.05) is 13.2 Å². The number of hydrazine groups is 1. The van der Waals surface area contributed by atoms with Crippen LogP contribution in [-0.4, -0.2) is 17.1 Å². The van der Waals surface area contributed by atoms with Crippen molar-refractivity contribution in [3.63, 3.8) is 0 Å². The van der Waals surface area contributed by atoms with E-state index in [-0.39, 0.29) is 12.5 Å². The number of methoxy groups -OCH3 is 1. The van der Waals surface area contributed by atoms with E-state index in [0.29, 0.717) is 23.0 Å². The molecule has 1 heterocycles. The van der Waals surface area contributed by atoms with Crippen molar-refractivity contribution in [2.45, 2.75) is 6.61 Å². The van der Waals surface area contributed by atoms with Gasteiger partial charge in [-0.25, -0.2) is 10.8 Å². The molecule has 0 aliphatic carbocycles. The van der Waals surface area contributed by atoms with E-state index in [1.54, 1.807) is 24.3 Å². The fourth-order valence-corrected chi connectivity index (χ4v) is 1.55. The number of nitrogens with one attached hydrogen (secondary N) is 1. The van der Waals surface area contributed by atoms with E-state index in [1.165, 1.54) is 13.2 Å². The minimum atomic E-state index is 0.228. The van der Waals surface area contributed by atoms with Gasteiger partial charge >= 0.3 is 0 Å². The molecule has 0 saturated carbocycles. The van der Waals surface area contributed by atoms with Gasteiger partial charge in [0.1, 0.15) is 24.2 Å². The lowest BCUT2D eigenvalue weighted by Gasteiger charge is -2.09. The predicted molar refractivity (Wildman–Crippen MR) is 71.8 cm³/mol. The van der Waals surface area contributed by atoms with E-state index in [9.17, 15) is 0 Å². The molecule has 0 fully saturated rings. The van der Waals surface area contributed by atoms with Gasteiger partial charge in [0.2, 0.25) is 5.88 Å². The molecule has 3 N–H and O–H groups in total. The van der Waals surface area contributed by atoms with Crippen LogP contribution in [0.5, 0.6) is 11.6 Å². The van der Waals surface area contributed by atoms with Crippen molar-refractivity contribution in [3.8, 4) is 17.7 Å². The molecule has 20 heavy (non-hydrogen) atoms. The SMILES string of the molecule is COCc1nc(NN)cc(Oc2ccccc2C#N)n1. The molecule has 0 amide bonds. The number of rotatable bonds is 5. The van der Waals surface area contributed by atoms with Gasteiger partial charge in [-0.05, 0) is 12.1 Å². The first-order valence-electron chi connectivity index (χ1n) is 5.77. The highest BCUT2D eigenvalue weighted by molar-refractivity contribution is 5.45. The van der Waals surface area contributed by atoms with E-state index in [1.807, 2.05) is 0 Å². The van der Waals surface area contributed by atoms with Gasteiger partial charge in [-0.15, -0.1) is 0 Å². The van der Waals surface area contributed by atoms with Crippen molar-refractivity contribution >= 4 is 5.82 Å². The summed E-state index contributed by atoms with van der Waals surface area (Å²) < 4.78 is 10.6. The van der Waals surface area contributed by atoms with Crippen LogP contribution >= 0.6 is 0 Å². The maximum Gasteiger partial charge on any atom is 0.224 e. The first-order valence-corrected chi connectivity index (χ1v) is 5.77. The van der Waals surface area contributed by atoms with E-state index >= 15 is 0 Å². The average Bonchev–Trinajstić information content (AvgIpc) is 2.48. The Kier molecular flexibility index (Phi) is 4.44. The Balaban J connectivity index is 2.33. The van der Waals surface area contributed by atoms with E-state index in [2.05, 4.69) is 21.5 Å². The number of ether oxygens (including phenoxy) is 2. The minimum absolute atomic E-state index is 0.228. The quantitative estimate of drug-likeness (QED) is 0.628. The molecule has 0 atom stereocenters. The molecular weight excluding hydrogens is 258 g/mol. The number of nitrogens with two attached hydrogens (primary N) is 1. The third-order valence-corrected chi connectivity index (χ3v) is 2.39. The standard InChI is InChI=1S/C13H13N5O2/c1-19-8-12-16-11(18-15)6-13(17-12)20-10-5-3-2-4-9(10)7-14/h2-6H,8,15H2,1H3,(H,16,17,18). The smallest absolute Gasteiger partial charge is 0.224 e. The molecule has 0 spiro atoms. The highest BCUT2D eigenvalue weighted by Gasteiger charge is 2.08. The fraction of sp³-hybridized carbons (Fsp3) is 0.154. The van der Waals surface area contributed by atoms with Crippen LogP contribution in [0.4, 0.5) is 5.82 Å². The van der Waals surface area contributed by atoms with Gasteiger partial charge in [-0.3, -0.25) is 0 Å². The van der Waals surface area contributed by atoms with Crippen LogP contribution in [0.2, 0.25) is 0 Å². The lowest BCUT2D eigenvalue weighted by molar-refractivity contribution is 0.177. The molecule has 0 bridgehead atoms. The number of hydrogen-bond acceptors (Lipinski definition) is 7. The zero-order chi connectivity index (χ0) is 14.4. The number of para-hydroxylation sites is 1. The Labute approximate surface area is 116 Å². The molecule has 1 aromatic heterocycles. The fourth-order valence-electron chi connectivity index (χ4n) is 1.55. The molecule has 2 aromatic rings. The van der Waals surface area contributed by atoms with Gasteiger partial charge in [0.05, 0.1) is 5.56 Å². The summed E-state index contributed by atoms with van der Waals surface area (Å²) in [4.78, 5) is 8.29. The Bertz CT molecular complexity index is 639. The van der Waals surface area contributed by atoms with Crippen LogP contribution in [0.3, 0.4) is 0 Å². The number of nitrogens with zero attached hydrogens (tertiary/aromatic N) is 3. The number of benzene rings is 1. The highest BCUT2D eigenvalue weighted by Crippen LogP contribution is 2.24. The Hall–Kier alpha value is -2.69. The van der Waals surface area contributed by atoms with Crippen molar-refractivity contribution in [2.24, 2.45) is 5.84 Å². The number of aromatic nitrogens is 2. The molecule has 0 aliphatic heterocycles. The largest absolute Gasteiger partial charge is 0.437 e. The van der Waals surface area contributed by atoms with Crippen molar-refractivity contribution < 1.29 is 9.47 Å². The number of nitriles is 1. The molecular formula is C13H13N5O2. The third-order valence-electron chi connectivity index (χ3n) is 2.39. The molecule has 0 saturated heterocycles. The van der Waals surface area contributed by atoms with E-state index in [0.717, 1.165) is 0 Å². The van der Waals surface area contributed by atoms with Crippen LogP contribution in [0, 0.1) is 11.3 Å². The zero-order valence-electron chi connectivity index (χ0n) is 10.8. The van der Waals surface area contributed by atoms with Gasteiger partial charge in [-0.2, -0.15) is 10.2 Å². The van der Waals surface area contributed by atoms with Crippen molar-refractivity contribution in [3.05, 3.63) is 41.7 Å². The van der Waals surface area contributed by atoms with Crippen molar-refractivity contribution in [2.75, 3.05) is 12.5 Å². The second kappa shape index (κ2) is 6.47. The summed E-state index contributed by atoms with van der Waals surface area (Å²) >= 11 is 0. The molecule has 1 aromatic carbocycles. The Morgan fingerprint density at radius 1 is 1.35 bits per heavy atom. The zero-order valence-corrected chi connectivity index (χ0v) is 10.8. The van der Waals surface area contributed by atoms with Crippen LogP contribution in [0.1, 0.15) is 11.4 Å². The van der Waals surface area contributed by atoms with Crippen LogP contribution < -0.4 is 16.0 Å². The van der Waals surface area contributed by atoms with Crippen molar-refractivity contribution in [1.82, 2.24) is 9.97 Å². The second-order valence-electron chi connectivity index (χ2n) is 3.80. The van der Waals surface area contributed by atoms with Gasteiger partial charge in [0.15, 0.2) is 5.82 Å². The highest BCUT2D eigenvalue weighted by atomic mass is 16.5. The molecule has 0 aliphatic rings. The predicted octanol–water partition coefficient (Wildman–Crippen LogP) is 1.57. The first kappa shape index (κ1) is 13.7. The average molecular weight is 271 g/mol. The summed E-state index contributed by atoms with van der Waals surface area (Å²) in [7, 11) is 1.54. The maximum absolute atomic E-state index is 9.02. The summed E-state index contributed by atoms with van der Waals surface area (Å²) in [5, 5.41) is 9.02. The summed E-state index contributed by atoms with van der Waals surface area (Å²) in [6.45, 7) is 0.228. The number of anilines is 1. The molecule has 2 rings (SSSR count). The van der Waals surface area contributed by atoms with Gasteiger partial charge in [-0.1, -0.05) is 12.1 Å². The first-order chi connectivity index (χ1) is 9.76. The lowest BCUT2D eigenvalue weighted by atomic mass is 10.2. The number of hydrogen-bond donors (Lipinski definition) is 2. The summed E-state index contributed by atoms with van der Waals surface area (Å²) in [6, 6.07) is 10.5. The van der Waals surface area contributed by atoms with E-state index < -0.39 is 0 Å². The van der Waals surface area contributed by atoms with Crippen LogP contribution in [0.25, 0.3) is 0 Å². The topological polar surface area (TPSA) is 106 Å². The van der Waals surface area contributed by atoms with Crippen LogP contribution in [0.15, 0.2) is 30.3 Å². The Morgan fingerprint density at radius 3 is 2.85 bits per heavy atom. The number of nitrogen functional groups attached to an aromatic ring is 1. The molecule has 102 valence electrons. The summed E-state index contributed by atoms with van der Waals surface area (Å²) in [5.74, 6) is 6.86. The minimum Gasteiger partial charge on any atom is -0.437 e. The summed E-state index contributed by atoms with van der Waals surface area (Å²) in [6.07, 6.45) is 0. The maximum atomic E-state index is 9.02. The lowest BCUT2D eigenvalue weighted by Crippen LogP contribution is -2.11. The van der Waals surface area contributed by atoms with Crippen molar-refractivity contribution in [1.29, 1.82) is 5.26 Å². The van der Waals surface area contributed by atoms with Crippen LogP contribution in [-0.2, 0) is 11.3 Å². The molecule has 7 heteroatoms. The van der Waals surface area contributed by atoms with E-state index in [4.69, 9.17) is 20.6 Å². The normalized spacial score (nSPS) is 9.85. The molecule has 0 radical (unpaired) electrons. The third kappa shape index (κ3) is 3.20. The second-order valence-corrected chi connectivity index (χ2v) is 3.80. The Morgan fingerprint density at radius 2 is 2.15 bits per heavy atom. The monoisotopic (exact) mass is 271 g/mol. The molecule has 7 nitrogen and oxygen atoms in total.